The Morgan fingerprint density at radius 3 is 2.64 bits per heavy atom. The number of benzene rings is 2. The van der Waals surface area contributed by atoms with Crippen molar-refractivity contribution in [2.24, 2.45) is 0 Å². The van der Waals surface area contributed by atoms with Crippen LogP contribution in [-0.2, 0) is 0 Å². The van der Waals surface area contributed by atoms with E-state index in [2.05, 4.69) is 10.3 Å². The quantitative estimate of drug-likeness (QED) is 0.731. The normalized spacial score (nSPS) is 10.7. The summed E-state index contributed by atoms with van der Waals surface area (Å²) >= 11 is 13.5. The van der Waals surface area contributed by atoms with E-state index in [-0.39, 0.29) is 16.3 Å². The second kappa shape index (κ2) is 6.12. The average Bonchev–Trinajstić information content (AvgIpc) is 2.91. The molecule has 0 radical (unpaired) electrons. The Labute approximate surface area is 140 Å². The molecule has 0 bridgehead atoms. The Kier molecular flexibility index (Phi) is 4.20. The van der Waals surface area contributed by atoms with Crippen LogP contribution in [0.4, 0.5) is 5.13 Å². The summed E-state index contributed by atoms with van der Waals surface area (Å²) < 4.78 is 6.17. The van der Waals surface area contributed by atoms with Gasteiger partial charge >= 0.3 is 0 Å². The van der Waals surface area contributed by atoms with Crippen LogP contribution in [0.25, 0.3) is 10.2 Å². The fourth-order valence-corrected chi connectivity index (χ4v) is 3.36. The van der Waals surface area contributed by atoms with Crippen molar-refractivity contribution in [3.63, 3.8) is 0 Å². The van der Waals surface area contributed by atoms with Crippen molar-refractivity contribution in [1.82, 2.24) is 4.98 Å². The molecule has 4 nitrogen and oxygen atoms in total. The zero-order valence-electron chi connectivity index (χ0n) is 11.4. The lowest BCUT2D eigenvalue weighted by atomic mass is 10.2. The number of halogens is 2. The topological polar surface area (TPSA) is 51.2 Å². The number of hydrogen-bond donors (Lipinski definition) is 1. The van der Waals surface area contributed by atoms with Crippen molar-refractivity contribution in [3.8, 4) is 5.75 Å². The van der Waals surface area contributed by atoms with E-state index in [4.69, 9.17) is 27.9 Å². The third-order valence-corrected chi connectivity index (χ3v) is 4.57. The summed E-state index contributed by atoms with van der Waals surface area (Å²) in [4.78, 5) is 16.8. The summed E-state index contributed by atoms with van der Waals surface area (Å²) in [5.74, 6) is -0.170. The maximum absolute atomic E-state index is 12.5. The molecule has 3 aromatic rings. The van der Waals surface area contributed by atoms with Crippen molar-refractivity contribution in [2.45, 2.75) is 0 Å². The van der Waals surface area contributed by atoms with Gasteiger partial charge in [0.15, 0.2) is 10.9 Å². The van der Waals surface area contributed by atoms with E-state index in [9.17, 15) is 4.79 Å². The van der Waals surface area contributed by atoms with Crippen LogP contribution in [0.15, 0.2) is 36.4 Å². The number of ether oxygens (including phenoxy) is 1. The molecule has 0 saturated carbocycles. The number of aromatic nitrogens is 1. The highest BCUT2D eigenvalue weighted by molar-refractivity contribution is 7.22. The highest BCUT2D eigenvalue weighted by Gasteiger charge is 2.20. The van der Waals surface area contributed by atoms with Gasteiger partial charge in [-0.3, -0.25) is 10.1 Å². The van der Waals surface area contributed by atoms with Crippen LogP contribution in [0.3, 0.4) is 0 Å². The molecule has 1 N–H and O–H groups in total. The standard InChI is InChI=1S/C15H10Cl2N2O2S/c1-21-13-9(17)7-6-8(16)12(13)14(20)19-15-18-10-4-2-3-5-11(10)22-15/h2-7H,1H3,(H,18,19,20). The molecule has 1 heterocycles. The van der Waals surface area contributed by atoms with Gasteiger partial charge in [0.2, 0.25) is 0 Å². The van der Waals surface area contributed by atoms with Crippen molar-refractivity contribution >= 4 is 55.8 Å². The zero-order valence-corrected chi connectivity index (χ0v) is 13.7. The molecule has 1 amide bonds. The number of nitrogens with zero attached hydrogens (tertiary/aromatic N) is 1. The van der Waals surface area contributed by atoms with Crippen molar-refractivity contribution in [1.29, 1.82) is 0 Å². The maximum Gasteiger partial charge on any atom is 0.262 e. The Hall–Kier alpha value is -1.82. The Bertz CT molecular complexity index is 831. The van der Waals surface area contributed by atoms with E-state index in [1.165, 1.54) is 18.4 Å². The van der Waals surface area contributed by atoms with E-state index in [0.717, 1.165) is 10.2 Å². The number of amides is 1. The second-order valence-electron chi connectivity index (χ2n) is 4.38. The summed E-state index contributed by atoms with van der Waals surface area (Å²) in [5, 5.41) is 3.81. The van der Waals surface area contributed by atoms with E-state index in [1.54, 1.807) is 12.1 Å². The predicted octanol–water partition coefficient (Wildman–Crippen LogP) is 4.86. The zero-order chi connectivity index (χ0) is 15.7. The first-order valence-corrected chi connectivity index (χ1v) is 7.86. The number of methoxy groups -OCH3 is 1. The largest absolute Gasteiger partial charge is 0.494 e. The maximum atomic E-state index is 12.5. The molecule has 112 valence electrons. The molecule has 3 rings (SSSR count). The third kappa shape index (κ3) is 2.75. The molecule has 1 aromatic heterocycles. The fourth-order valence-electron chi connectivity index (χ4n) is 2.03. The van der Waals surface area contributed by atoms with Gasteiger partial charge in [-0.05, 0) is 24.3 Å². The summed E-state index contributed by atoms with van der Waals surface area (Å²) in [6, 6.07) is 10.8. The van der Waals surface area contributed by atoms with Gasteiger partial charge in [0.1, 0.15) is 5.56 Å². The van der Waals surface area contributed by atoms with Gasteiger partial charge in [0.25, 0.3) is 5.91 Å². The molecule has 0 aliphatic rings. The van der Waals surface area contributed by atoms with Crippen LogP contribution < -0.4 is 10.1 Å². The first kappa shape index (κ1) is 15.1. The molecule has 0 atom stereocenters. The third-order valence-electron chi connectivity index (χ3n) is 3.00. The number of fused-ring (bicyclic) bond motifs is 1. The molecule has 0 spiro atoms. The summed E-state index contributed by atoms with van der Waals surface area (Å²) in [5.41, 5.74) is 1.02. The smallest absolute Gasteiger partial charge is 0.262 e. The molecule has 0 fully saturated rings. The average molecular weight is 353 g/mol. The number of carbonyl (C=O) groups excluding carboxylic acids is 1. The molecular formula is C15H10Cl2N2O2S. The lowest BCUT2D eigenvalue weighted by Gasteiger charge is -2.11. The first-order chi connectivity index (χ1) is 10.6. The van der Waals surface area contributed by atoms with Gasteiger partial charge in [-0.15, -0.1) is 0 Å². The molecular weight excluding hydrogens is 343 g/mol. The molecule has 0 unspecified atom stereocenters. The van der Waals surface area contributed by atoms with Crippen LogP contribution in [0, 0.1) is 0 Å². The summed E-state index contributed by atoms with van der Waals surface area (Å²) in [6.07, 6.45) is 0. The molecule has 0 aliphatic carbocycles. The monoisotopic (exact) mass is 352 g/mol. The van der Waals surface area contributed by atoms with Crippen LogP contribution in [-0.4, -0.2) is 18.0 Å². The Morgan fingerprint density at radius 2 is 1.91 bits per heavy atom. The van der Waals surface area contributed by atoms with E-state index in [1.807, 2.05) is 24.3 Å². The van der Waals surface area contributed by atoms with Gasteiger partial charge in [-0.1, -0.05) is 46.7 Å². The lowest BCUT2D eigenvalue weighted by molar-refractivity contribution is 0.102. The van der Waals surface area contributed by atoms with E-state index < -0.39 is 5.91 Å². The summed E-state index contributed by atoms with van der Waals surface area (Å²) in [6.45, 7) is 0. The molecule has 7 heteroatoms. The lowest BCUT2D eigenvalue weighted by Crippen LogP contribution is -2.14. The molecule has 22 heavy (non-hydrogen) atoms. The number of anilines is 1. The first-order valence-electron chi connectivity index (χ1n) is 6.29. The highest BCUT2D eigenvalue weighted by Crippen LogP contribution is 2.35. The van der Waals surface area contributed by atoms with Gasteiger partial charge < -0.3 is 4.74 Å². The van der Waals surface area contributed by atoms with Gasteiger partial charge in [0, 0.05) is 0 Å². The molecule has 2 aromatic carbocycles. The number of rotatable bonds is 3. The number of para-hydroxylation sites is 1. The van der Waals surface area contributed by atoms with Crippen LogP contribution in [0.5, 0.6) is 5.75 Å². The minimum atomic E-state index is -0.414. The Balaban J connectivity index is 1.96. The molecule has 0 aliphatic heterocycles. The summed E-state index contributed by atoms with van der Waals surface area (Å²) in [7, 11) is 1.44. The second-order valence-corrected chi connectivity index (χ2v) is 6.22. The number of nitrogens with one attached hydrogen (secondary N) is 1. The minimum Gasteiger partial charge on any atom is -0.494 e. The van der Waals surface area contributed by atoms with Crippen LogP contribution >= 0.6 is 34.5 Å². The Morgan fingerprint density at radius 1 is 1.18 bits per heavy atom. The number of carbonyl (C=O) groups is 1. The predicted molar refractivity (Wildman–Crippen MR) is 90.6 cm³/mol. The van der Waals surface area contributed by atoms with Crippen LogP contribution in [0.2, 0.25) is 10.0 Å². The number of hydrogen-bond acceptors (Lipinski definition) is 4. The van der Waals surface area contributed by atoms with E-state index in [0.29, 0.717) is 10.2 Å². The van der Waals surface area contributed by atoms with Crippen LogP contribution in [0.1, 0.15) is 10.4 Å². The van der Waals surface area contributed by atoms with Gasteiger partial charge in [0.05, 0.1) is 27.4 Å². The minimum absolute atomic E-state index is 0.191. The molecule has 0 saturated heterocycles. The number of thiazole rings is 1. The van der Waals surface area contributed by atoms with Crippen molar-refractivity contribution < 1.29 is 9.53 Å². The van der Waals surface area contributed by atoms with Gasteiger partial charge in [-0.25, -0.2) is 4.98 Å². The highest BCUT2D eigenvalue weighted by atomic mass is 35.5. The SMILES string of the molecule is COc1c(Cl)ccc(Cl)c1C(=O)Nc1nc2ccccc2s1. The fraction of sp³-hybridized carbons (Fsp3) is 0.0667. The van der Waals surface area contributed by atoms with Gasteiger partial charge in [-0.2, -0.15) is 0 Å². The van der Waals surface area contributed by atoms with E-state index >= 15 is 0 Å². The van der Waals surface area contributed by atoms with Crippen molar-refractivity contribution in [3.05, 3.63) is 52.0 Å². The van der Waals surface area contributed by atoms with Crippen molar-refractivity contribution in [2.75, 3.05) is 12.4 Å².